The average Bonchev–Trinajstić information content (AvgIpc) is 2.58. The lowest BCUT2D eigenvalue weighted by molar-refractivity contribution is -0.143. The lowest BCUT2D eigenvalue weighted by Crippen LogP contribution is -2.30. The molecule has 0 atom stereocenters. The van der Waals surface area contributed by atoms with Crippen LogP contribution in [-0.2, 0) is 20.9 Å². The molecule has 1 aromatic rings. The van der Waals surface area contributed by atoms with Crippen molar-refractivity contribution in [2.45, 2.75) is 19.4 Å². The summed E-state index contributed by atoms with van der Waals surface area (Å²) in [6, 6.07) is 12.1. The molecule has 5 heteroatoms. The van der Waals surface area contributed by atoms with E-state index in [1.165, 1.54) is 4.90 Å². The van der Waals surface area contributed by atoms with Crippen LogP contribution in [0.25, 0.3) is 0 Å². The van der Waals surface area contributed by atoms with E-state index in [1.54, 1.807) is 0 Å². The van der Waals surface area contributed by atoms with E-state index in [9.17, 15) is 9.59 Å². The van der Waals surface area contributed by atoms with E-state index >= 15 is 0 Å². The van der Waals surface area contributed by atoms with E-state index in [0.29, 0.717) is 6.42 Å². The minimum absolute atomic E-state index is 0.133. The minimum atomic E-state index is -0.528. The van der Waals surface area contributed by atoms with Crippen molar-refractivity contribution >= 4 is 12.1 Å². The Morgan fingerprint density at radius 3 is 2.95 bits per heavy atom. The minimum Gasteiger partial charge on any atom is -0.464 e. The number of hydrogen-bond donors (Lipinski definition) is 0. The molecule has 0 aromatic heterocycles. The fourth-order valence-electron chi connectivity index (χ4n) is 1.63. The number of ether oxygens (including phenoxy) is 2. The molecule has 0 N–H and O–H groups in total. The molecule has 1 heterocycles. The van der Waals surface area contributed by atoms with Gasteiger partial charge in [-0.1, -0.05) is 36.3 Å². The summed E-state index contributed by atoms with van der Waals surface area (Å²) in [5, 5.41) is 0. The van der Waals surface area contributed by atoms with Crippen molar-refractivity contribution < 1.29 is 19.1 Å². The molecule has 0 aliphatic carbocycles. The summed E-state index contributed by atoms with van der Waals surface area (Å²) in [6.45, 7) is 0.540. The van der Waals surface area contributed by atoms with Gasteiger partial charge in [0.15, 0.2) is 0 Å². The Hall–Kier alpha value is -2.48. The van der Waals surface area contributed by atoms with Gasteiger partial charge < -0.3 is 9.47 Å². The summed E-state index contributed by atoms with van der Waals surface area (Å²) in [7, 11) is 0. The third-order valence-electron chi connectivity index (χ3n) is 2.67. The second-order valence-electron chi connectivity index (χ2n) is 4.20. The van der Waals surface area contributed by atoms with Crippen LogP contribution in [0.2, 0.25) is 0 Å². The Balaban J connectivity index is 1.88. The molecule has 0 unspecified atom stereocenters. The summed E-state index contributed by atoms with van der Waals surface area (Å²) in [5.41, 5.74) is 0.907. The zero-order chi connectivity index (χ0) is 14.2. The van der Waals surface area contributed by atoms with Crippen LogP contribution in [0.1, 0.15) is 18.4 Å². The van der Waals surface area contributed by atoms with Gasteiger partial charge in [0, 0.05) is 12.5 Å². The van der Waals surface area contributed by atoms with E-state index in [1.807, 2.05) is 30.3 Å². The molecule has 1 aromatic carbocycles. The third kappa shape index (κ3) is 4.32. The number of carbonyl (C=O) groups is 2. The van der Waals surface area contributed by atoms with Crippen molar-refractivity contribution in [3.8, 4) is 12.0 Å². The first-order valence-corrected chi connectivity index (χ1v) is 6.38. The molecule has 1 aliphatic rings. The highest BCUT2D eigenvalue weighted by atomic mass is 16.6. The standard InChI is InChI=1S/C15H15NO4/c17-14-8-4-5-9-16(10-11-19-14)15(18)20-12-13-6-2-1-3-7-13/h1-3,6-7H,4,8,10-12H2. The monoisotopic (exact) mass is 273 g/mol. The molecule has 2 rings (SSSR count). The van der Waals surface area contributed by atoms with Gasteiger partial charge in [0.25, 0.3) is 0 Å². The largest absolute Gasteiger partial charge is 0.464 e. The maximum atomic E-state index is 11.9. The molecular weight excluding hydrogens is 258 g/mol. The first-order chi connectivity index (χ1) is 9.75. The van der Waals surface area contributed by atoms with Crippen molar-refractivity contribution in [1.82, 2.24) is 4.90 Å². The summed E-state index contributed by atoms with van der Waals surface area (Å²) in [6.07, 6.45) is 0.0978. The van der Waals surface area contributed by atoms with E-state index in [-0.39, 0.29) is 32.1 Å². The zero-order valence-corrected chi connectivity index (χ0v) is 11.0. The molecule has 0 saturated heterocycles. The second-order valence-corrected chi connectivity index (χ2v) is 4.20. The smallest absolute Gasteiger partial charge is 0.421 e. The molecule has 1 amide bonds. The molecule has 0 saturated carbocycles. The summed E-state index contributed by atoms with van der Waals surface area (Å²) in [5.74, 6) is 2.47. The van der Waals surface area contributed by atoms with Crippen LogP contribution in [0.15, 0.2) is 30.3 Å². The lowest BCUT2D eigenvalue weighted by Gasteiger charge is -2.15. The molecule has 0 fully saturated rings. The molecule has 0 radical (unpaired) electrons. The van der Waals surface area contributed by atoms with E-state index in [2.05, 4.69) is 12.0 Å². The second kappa shape index (κ2) is 7.19. The van der Waals surface area contributed by atoms with Gasteiger partial charge in [-0.2, -0.15) is 0 Å². The fourth-order valence-corrected chi connectivity index (χ4v) is 1.63. The molecule has 20 heavy (non-hydrogen) atoms. The maximum Gasteiger partial charge on any atom is 0.421 e. The van der Waals surface area contributed by atoms with Gasteiger partial charge in [0.1, 0.15) is 13.2 Å². The van der Waals surface area contributed by atoms with Crippen LogP contribution in [0.3, 0.4) is 0 Å². The first kappa shape index (κ1) is 13.9. The fraction of sp³-hybridized carbons (Fsp3) is 0.333. The number of amides is 1. The van der Waals surface area contributed by atoms with Crippen molar-refractivity contribution in [3.63, 3.8) is 0 Å². The highest BCUT2D eigenvalue weighted by Crippen LogP contribution is 2.04. The quantitative estimate of drug-likeness (QED) is 0.610. The SMILES string of the molecule is O=C1CCC#CN(C(=O)OCc2ccccc2)CCO1. The van der Waals surface area contributed by atoms with E-state index < -0.39 is 6.09 Å². The Kier molecular flexibility index (Phi) is 5.01. The van der Waals surface area contributed by atoms with Gasteiger partial charge in [0.05, 0.1) is 13.0 Å². The highest BCUT2D eigenvalue weighted by Gasteiger charge is 2.15. The van der Waals surface area contributed by atoms with E-state index in [4.69, 9.17) is 9.47 Å². The van der Waals surface area contributed by atoms with Gasteiger partial charge in [-0.15, -0.1) is 0 Å². The van der Waals surface area contributed by atoms with Crippen molar-refractivity contribution in [2.24, 2.45) is 0 Å². The zero-order valence-electron chi connectivity index (χ0n) is 11.0. The number of benzene rings is 1. The normalized spacial score (nSPS) is 15.0. The van der Waals surface area contributed by atoms with Gasteiger partial charge in [-0.25, -0.2) is 9.69 Å². The number of esters is 1. The Morgan fingerprint density at radius 2 is 2.15 bits per heavy atom. The van der Waals surface area contributed by atoms with Crippen molar-refractivity contribution in [2.75, 3.05) is 13.2 Å². The number of nitrogens with zero attached hydrogens (tertiary/aromatic N) is 1. The Bertz CT molecular complexity index is 530. The van der Waals surface area contributed by atoms with Gasteiger partial charge >= 0.3 is 12.1 Å². The Labute approximate surface area is 117 Å². The third-order valence-corrected chi connectivity index (χ3v) is 2.67. The Morgan fingerprint density at radius 1 is 1.35 bits per heavy atom. The first-order valence-electron chi connectivity index (χ1n) is 6.38. The average molecular weight is 273 g/mol. The van der Waals surface area contributed by atoms with Crippen molar-refractivity contribution in [1.29, 1.82) is 0 Å². The van der Waals surface area contributed by atoms with Crippen LogP contribution in [-0.4, -0.2) is 30.1 Å². The van der Waals surface area contributed by atoms with Crippen LogP contribution in [0.5, 0.6) is 0 Å². The predicted molar refractivity (Wildman–Crippen MR) is 71.3 cm³/mol. The number of carbonyl (C=O) groups excluding carboxylic acids is 2. The van der Waals surface area contributed by atoms with E-state index in [0.717, 1.165) is 5.56 Å². The maximum absolute atomic E-state index is 11.9. The molecule has 104 valence electrons. The molecule has 5 nitrogen and oxygen atoms in total. The van der Waals surface area contributed by atoms with Crippen LogP contribution in [0, 0.1) is 12.0 Å². The number of hydrogen-bond acceptors (Lipinski definition) is 4. The van der Waals surface area contributed by atoms with Crippen LogP contribution >= 0.6 is 0 Å². The van der Waals surface area contributed by atoms with Crippen molar-refractivity contribution in [3.05, 3.63) is 35.9 Å². The molecular formula is C15H15NO4. The highest BCUT2D eigenvalue weighted by molar-refractivity contribution is 5.71. The summed E-state index contributed by atoms with van der Waals surface area (Å²) < 4.78 is 10.1. The van der Waals surface area contributed by atoms with Crippen LogP contribution in [0.4, 0.5) is 4.79 Å². The van der Waals surface area contributed by atoms with Gasteiger partial charge in [-0.3, -0.25) is 4.79 Å². The van der Waals surface area contributed by atoms with Crippen LogP contribution < -0.4 is 0 Å². The lowest BCUT2D eigenvalue weighted by atomic mass is 10.2. The van der Waals surface area contributed by atoms with Gasteiger partial charge in [0.2, 0.25) is 0 Å². The number of rotatable bonds is 2. The van der Waals surface area contributed by atoms with Gasteiger partial charge in [-0.05, 0) is 5.56 Å². The predicted octanol–water partition coefficient (Wildman–Crippen LogP) is 1.92. The number of cyclic esters (lactones) is 1. The molecule has 1 aliphatic heterocycles. The summed E-state index contributed by atoms with van der Waals surface area (Å²) in [4.78, 5) is 24.3. The molecule has 0 spiro atoms. The topological polar surface area (TPSA) is 55.8 Å². The summed E-state index contributed by atoms with van der Waals surface area (Å²) >= 11 is 0. The molecule has 0 bridgehead atoms.